The minimum absolute atomic E-state index is 0.0870. The lowest BCUT2D eigenvalue weighted by Gasteiger charge is -1.98. The molecule has 2 aromatic rings. The van der Waals surface area contributed by atoms with E-state index in [0.717, 1.165) is 18.8 Å². The first-order chi connectivity index (χ1) is 6.20. The first-order valence-corrected chi connectivity index (χ1v) is 5.68. The van der Waals surface area contributed by atoms with Gasteiger partial charge in [0, 0.05) is 13.7 Å². The number of benzene rings is 1. The smallest absolute Gasteiger partial charge is 0.0869 e. The topological polar surface area (TPSA) is 46.2 Å². The molecule has 3 N–H and O–H groups in total. The predicted octanol–water partition coefficient (Wildman–Crippen LogP) is 2.58. The number of aliphatic hydroxyl groups excluding tert-OH is 1. The van der Waals surface area contributed by atoms with Crippen molar-refractivity contribution in [2.45, 2.75) is 6.61 Å². The van der Waals surface area contributed by atoms with Crippen LogP contribution in [0.15, 0.2) is 18.2 Å². The second kappa shape index (κ2) is 3.43. The highest BCUT2D eigenvalue weighted by Gasteiger charge is 2.04. The molecule has 4 heteroatoms. The van der Waals surface area contributed by atoms with Crippen LogP contribution in [0.25, 0.3) is 10.1 Å². The summed E-state index contributed by atoms with van der Waals surface area (Å²) in [5.74, 6) is 0. The molecular formula is C9H8INOS. The zero-order chi connectivity index (χ0) is 9.42. The van der Waals surface area contributed by atoms with E-state index >= 15 is 0 Å². The van der Waals surface area contributed by atoms with Gasteiger partial charge in [0.05, 0.1) is 11.6 Å². The first kappa shape index (κ1) is 9.23. The Balaban J connectivity index is 2.75. The van der Waals surface area contributed by atoms with Crippen LogP contribution in [0.2, 0.25) is 0 Å². The Labute approximate surface area is 93.5 Å². The van der Waals surface area contributed by atoms with Crippen molar-refractivity contribution in [1.29, 1.82) is 0 Å². The van der Waals surface area contributed by atoms with Crippen molar-refractivity contribution < 1.29 is 5.11 Å². The molecular weight excluding hydrogens is 297 g/mol. The predicted molar refractivity (Wildman–Crippen MR) is 64.9 cm³/mol. The number of hydrogen-bond donors (Lipinski definition) is 2. The molecule has 0 saturated heterocycles. The molecule has 0 amide bonds. The lowest BCUT2D eigenvalue weighted by molar-refractivity contribution is 0.282. The molecule has 13 heavy (non-hydrogen) atoms. The van der Waals surface area contributed by atoms with Gasteiger partial charge in [-0.25, -0.2) is 0 Å². The van der Waals surface area contributed by atoms with E-state index in [1.807, 2.05) is 18.2 Å². The Kier molecular flexibility index (Phi) is 2.44. The lowest BCUT2D eigenvalue weighted by Crippen LogP contribution is -1.83. The zero-order valence-electron chi connectivity index (χ0n) is 6.75. The van der Waals surface area contributed by atoms with Gasteiger partial charge in [-0.3, -0.25) is 0 Å². The number of aliphatic hydroxyl groups is 1. The van der Waals surface area contributed by atoms with Crippen molar-refractivity contribution in [1.82, 2.24) is 0 Å². The summed E-state index contributed by atoms with van der Waals surface area (Å²) in [5.41, 5.74) is 6.65. The zero-order valence-corrected chi connectivity index (χ0v) is 9.72. The van der Waals surface area contributed by atoms with Crippen LogP contribution in [-0.2, 0) is 6.61 Å². The Morgan fingerprint density at radius 1 is 1.38 bits per heavy atom. The highest BCUT2D eigenvalue weighted by Crippen LogP contribution is 2.31. The number of rotatable bonds is 1. The standard InChI is InChI=1S/C9H8INOS/c10-7-1-5(4-12)2-8-6(7)3-9(11)13-8/h1-3,12H,4,11H2. The second-order valence-corrected chi connectivity index (χ2v) is 5.07. The minimum Gasteiger partial charge on any atom is -0.392 e. The fraction of sp³-hybridized carbons (Fsp3) is 0.111. The molecule has 1 aromatic carbocycles. The summed E-state index contributed by atoms with van der Waals surface area (Å²) in [6.45, 7) is 0.0870. The van der Waals surface area contributed by atoms with Gasteiger partial charge < -0.3 is 10.8 Å². The van der Waals surface area contributed by atoms with Gasteiger partial charge in [0.1, 0.15) is 0 Å². The highest BCUT2D eigenvalue weighted by molar-refractivity contribution is 14.1. The average Bonchev–Trinajstić information content (AvgIpc) is 2.46. The second-order valence-electron chi connectivity index (χ2n) is 2.80. The van der Waals surface area contributed by atoms with Crippen molar-refractivity contribution >= 4 is 49.0 Å². The van der Waals surface area contributed by atoms with E-state index in [4.69, 9.17) is 10.8 Å². The van der Waals surface area contributed by atoms with Crippen LogP contribution in [0.4, 0.5) is 5.00 Å². The monoisotopic (exact) mass is 305 g/mol. The number of halogens is 1. The molecule has 0 aliphatic heterocycles. The van der Waals surface area contributed by atoms with Crippen LogP contribution in [0.5, 0.6) is 0 Å². The molecule has 2 rings (SSSR count). The van der Waals surface area contributed by atoms with Gasteiger partial charge in [-0.1, -0.05) is 0 Å². The Bertz CT molecular complexity index is 452. The Hall–Kier alpha value is -0.330. The average molecular weight is 305 g/mol. The summed E-state index contributed by atoms with van der Waals surface area (Å²) >= 11 is 3.82. The summed E-state index contributed by atoms with van der Waals surface area (Å²) in [7, 11) is 0. The fourth-order valence-electron chi connectivity index (χ4n) is 1.26. The van der Waals surface area contributed by atoms with Crippen molar-refractivity contribution in [3.8, 4) is 0 Å². The van der Waals surface area contributed by atoms with Crippen molar-refractivity contribution in [2.24, 2.45) is 0 Å². The molecule has 0 fully saturated rings. The molecule has 0 radical (unpaired) electrons. The highest BCUT2D eigenvalue weighted by atomic mass is 127. The number of anilines is 1. The maximum atomic E-state index is 9.00. The fourth-order valence-corrected chi connectivity index (χ4v) is 3.21. The lowest BCUT2D eigenvalue weighted by atomic mass is 10.2. The van der Waals surface area contributed by atoms with E-state index in [-0.39, 0.29) is 6.61 Å². The van der Waals surface area contributed by atoms with Crippen LogP contribution in [0.1, 0.15) is 5.56 Å². The first-order valence-electron chi connectivity index (χ1n) is 3.79. The van der Waals surface area contributed by atoms with E-state index in [1.54, 1.807) is 11.3 Å². The van der Waals surface area contributed by atoms with Crippen LogP contribution in [0, 0.1) is 3.57 Å². The van der Waals surface area contributed by atoms with Gasteiger partial charge in [0.25, 0.3) is 0 Å². The third kappa shape index (κ3) is 1.66. The number of nitrogen functional groups attached to an aromatic ring is 1. The Morgan fingerprint density at radius 2 is 2.15 bits per heavy atom. The molecule has 0 bridgehead atoms. The van der Waals surface area contributed by atoms with Gasteiger partial charge in [0.2, 0.25) is 0 Å². The van der Waals surface area contributed by atoms with E-state index in [0.29, 0.717) is 0 Å². The summed E-state index contributed by atoms with van der Waals surface area (Å²) in [6, 6.07) is 5.94. The third-order valence-corrected chi connectivity index (χ3v) is 3.65. The van der Waals surface area contributed by atoms with Crippen molar-refractivity contribution in [3.05, 3.63) is 27.3 Å². The van der Waals surface area contributed by atoms with Gasteiger partial charge >= 0.3 is 0 Å². The molecule has 0 aliphatic rings. The molecule has 1 heterocycles. The van der Waals surface area contributed by atoms with E-state index in [1.165, 1.54) is 5.39 Å². The van der Waals surface area contributed by atoms with Crippen LogP contribution >= 0.6 is 33.9 Å². The van der Waals surface area contributed by atoms with E-state index < -0.39 is 0 Å². The number of hydrogen-bond acceptors (Lipinski definition) is 3. The molecule has 0 unspecified atom stereocenters. The van der Waals surface area contributed by atoms with Crippen molar-refractivity contribution in [2.75, 3.05) is 5.73 Å². The third-order valence-electron chi connectivity index (χ3n) is 1.85. The number of fused-ring (bicyclic) bond motifs is 1. The van der Waals surface area contributed by atoms with Crippen molar-refractivity contribution in [3.63, 3.8) is 0 Å². The molecule has 0 saturated carbocycles. The molecule has 0 spiro atoms. The number of nitrogens with two attached hydrogens (primary N) is 1. The quantitative estimate of drug-likeness (QED) is 0.796. The van der Waals surface area contributed by atoms with Crippen LogP contribution < -0.4 is 5.73 Å². The van der Waals surface area contributed by atoms with Gasteiger partial charge in [0.15, 0.2) is 0 Å². The van der Waals surface area contributed by atoms with Crippen LogP contribution in [0.3, 0.4) is 0 Å². The van der Waals surface area contributed by atoms with Gasteiger partial charge in [-0.05, 0) is 46.4 Å². The SMILES string of the molecule is Nc1cc2c(I)cc(CO)cc2s1. The summed E-state index contributed by atoms with van der Waals surface area (Å²) in [4.78, 5) is 0. The normalized spacial score (nSPS) is 10.9. The molecule has 0 atom stereocenters. The maximum absolute atomic E-state index is 9.00. The summed E-state index contributed by atoms with van der Waals surface area (Å²) in [6.07, 6.45) is 0. The Morgan fingerprint density at radius 3 is 2.85 bits per heavy atom. The largest absolute Gasteiger partial charge is 0.392 e. The molecule has 0 aliphatic carbocycles. The molecule has 1 aromatic heterocycles. The van der Waals surface area contributed by atoms with Gasteiger partial charge in [-0.15, -0.1) is 11.3 Å². The molecule has 2 nitrogen and oxygen atoms in total. The van der Waals surface area contributed by atoms with E-state index in [2.05, 4.69) is 22.6 Å². The van der Waals surface area contributed by atoms with Crippen LogP contribution in [-0.4, -0.2) is 5.11 Å². The van der Waals surface area contributed by atoms with Gasteiger partial charge in [-0.2, -0.15) is 0 Å². The maximum Gasteiger partial charge on any atom is 0.0869 e. The minimum atomic E-state index is 0.0870. The molecule has 68 valence electrons. The summed E-state index contributed by atoms with van der Waals surface area (Å²) < 4.78 is 2.29. The van der Waals surface area contributed by atoms with E-state index in [9.17, 15) is 0 Å². The number of thiophene rings is 1. The summed E-state index contributed by atoms with van der Waals surface area (Å²) in [5, 5.41) is 11.0.